The monoisotopic (exact) mass is 623 g/mol. The number of phenolic OH excluding ortho intramolecular Hbond substituents is 1. The van der Waals surface area contributed by atoms with E-state index in [1.165, 1.54) is 12.1 Å². The summed E-state index contributed by atoms with van der Waals surface area (Å²) in [6.07, 6.45) is -0.839. The summed E-state index contributed by atoms with van der Waals surface area (Å²) in [6, 6.07) is 20.4. The first-order valence-electron chi connectivity index (χ1n) is 9.66. The van der Waals surface area contributed by atoms with Gasteiger partial charge in [-0.1, -0.05) is 34.1 Å². The molecule has 0 fully saturated rings. The number of hydrogen-bond acceptors (Lipinski definition) is 5. The molecule has 0 aliphatic heterocycles. The van der Waals surface area contributed by atoms with Crippen LogP contribution in [0.1, 0.15) is 11.7 Å². The van der Waals surface area contributed by atoms with Crippen LogP contribution in [0, 0.1) is 3.57 Å². The average molecular weight is 624 g/mol. The number of rotatable bonds is 8. The molecule has 0 aliphatic carbocycles. The third kappa shape index (κ3) is 7.50. The van der Waals surface area contributed by atoms with E-state index in [1.807, 2.05) is 0 Å². The van der Waals surface area contributed by atoms with Gasteiger partial charge in [0.1, 0.15) is 11.5 Å². The van der Waals surface area contributed by atoms with Gasteiger partial charge in [-0.05, 0) is 83.3 Å². The maximum Gasteiger partial charge on any atom is 0.412 e. The van der Waals surface area contributed by atoms with Crippen LogP contribution in [0.3, 0.4) is 0 Å². The number of ether oxygens (including phenoxy) is 2. The van der Waals surface area contributed by atoms with Crippen molar-refractivity contribution in [1.29, 1.82) is 0 Å². The van der Waals surface area contributed by atoms with Gasteiger partial charge < -0.3 is 19.7 Å². The van der Waals surface area contributed by atoms with Crippen molar-refractivity contribution < 1.29 is 29.3 Å². The number of carboxylic acid groups (broad SMARTS) is 1. The number of amides is 1. The lowest BCUT2D eigenvalue weighted by Gasteiger charge is -2.27. The standard InChI is InChI=1S/C24H19BrINO6/c25-15-6-9-17(10-7-15)27-24(31)33-23(19-14-16(26)8-11-20(19)28)21(12-13-22(29)30)32-18-4-2-1-3-5-18/h1-14,21,23,28H,(H,27,31)(H,29,30)/b13-12+/t21-,23-/m1/s1. The van der Waals surface area contributed by atoms with E-state index >= 15 is 0 Å². The van der Waals surface area contributed by atoms with Crippen molar-refractivity contribution in [1.82, 2.24) is 0 Å². The number of carbonyl (C=O) groups is 2. The number of halogens is 2. The molecule has 1 amide bonds. The van der Waals surface area contributed by atoms with Gasteiger partial charge in [-0.25, -0.2) is 9.59 Å². The fourth-order valence-corrected chi connectivity index (χ4v) is 3.67. The van der Waals surface area contributed by atoms with Crippen LogP contribution >= 0.6 is 38.5 Å². The molecule has 0 bridgehead atoms. The van der Waals surface area contributed by atoms with Crippen LogP contribution < -0.4 is 10.1 Å². The van der Waals surface area contributed by atoms with Gasteiger partial charge in [0.15, 0.2) is 12.2 Å². The van der Waals surface area contributed by atoms with Gasteiger partial charge in [-0.3, -0.25) is 5.32 Å². The number of anilines is 1. The Morgan fingerprint density at radius 2 is 1.73 bits per heavy atom. The van der Waals surface area contributed by atoms with Crippen LogP contribution in [0.15, 0.2) is 89.4 Å². The number of aromatic hydroxyl groups is 1. The molecule has 7 nitrogen and oxygen atoms in total. The fourth-order valence-electron chi connectivity index (χ4n) is 2.89. The molecule has 0 spiro atoms. The summed E-state index contributed by atoms with van der Waals surface area (Å²) < 4.78 is 13.3. The first-order valence-corrected chi connectivity index (χ1v) is 11.5. The summed E-state index contributed by atoms with van der Waals surface area (Å²) >= 11 is 5.40. The molecule has 9 heteroatoms. The Hall–Kier alpha value is -3.05. The Bertz CT molecular complexity index is 1140. The van der Waals surface area contributed by atoms with Crippen LogP contribution in [-0.4, -0.2) is 28.4 Å². The zero-order valence-corrected chi connectivity index (χ0v) is 20.8. The van der Waals surface area contributed by atoms with E-state index in [4.69, 9.17) is 14.6 Å². The molecular formula is C24H19BrINO6. The normalized spacial score (nSPS) is 12.7. The largest absolute Gasteiger partial charge is 0.508 e. The maximum absolute atomic E-state index is 12.7. The molecule has 3 N–H and O–H groups in total. The number of hydrogen-bond donors (Lipinski definition) is 3. The number of carbonyl (C=O) groups excluding carboxylic acids is 1. The van der Waals surface area contributed by atoms with Crippen molar-refractivity contribution in [3.63, 3.8) is 0 Å². The van der Waals surface area contributed by atoms with Crippen molar-refractivity contribution in [2.75, 3.05) is 5.32 Å². The van der Waals surface area contributed by atoms with Gasteiger partial charge in [0.2, 0.25) is 0 Å². The lowest BCUT2D eigenvalue weighted by Crippen LogP contribution is -2.30. The van der Waals surface area contributed by atoms with E-state index < -0.39 is 24.3 Å². The molecule has 0 saturated heterocycles. The van der Waals surface area contributed by atoms with Crippen molar-refractivity contribution in [3.05, 3.63) is 98.6 Å². The summed E-state index contributed by atoms with van der Waals surface area (Å²) in [7, 11) is 0. The molecule has 170 valence electrons. The van der Waals surface area contributed by atoms with Crippen LogP contribution in [0.4, 0.5) is 10.5 Å². The van der Waals surface area contributed by atoms with E-state index in [1.54, 1.807) is 66.7 Å². The van der Waals surface area contributed by atoms with Crippen molar-refractivity contribution in [2.24, 2.45) is 0 Å². The maximum atomic E-state index is 12.7. The van der Waals surface area contributed by atoms with Crippen LogP contribution in [0.2, 0.25) is 0 Å². The Kier molecular flexibility index (Phi) is 8.72. The minimum atomic E-state index is -1.19. The topological polar surface area (TPSA) is 105 Å². The minimum absolute atomic E-state index is 0.123. The van der Waals surface area contributed by atoms with E-state index in [9.17, 15) is 14.7 Å². The van der Waals surface area contributed by atoms with Crippen molar-refractivity contribution >= 4 is 56.3 Å². The van der Waals surface area contributed by atoms with Crippen LogP contribution in [0.25, 0.3) is 0 Å². The van der Waals surface area contributed by atoms with Gasteiger partial charge in [-0.15, -0.1) is 0 Å². The lowest BCUT2D eigenvalue weighted by atomic mass is 10.0. The average Bonchev–Trinajstić information content (AvgIpc) is 2.79. The summed E-state index contributed by atoms with van der Waals surface area (Å²) in [5, 5.41) is 22.3. The van der Waals surface area contributed by atoms with Crippen molar-refractivity contribution in [3.8, 4) is 11.5 Å². The Morgan fingerprint density at radius 1 is 1.03 bits per heavy atom. The summed E-state index contributed by atoms with van der Waals surface area (Å²) in [4.78, 5) is 24.0. The van der Waals surface area contributed by atoms with Gasteiger partial charge in [0, 0.05) is 25.4 Å². The van der Waals surface area contributed by atoms with Gasteiger partial charge in [0.05, 0.1) is 0 Å². The SMILES string of the molecule is O=C(O)/C=C/[C@@H](Oc1ccccc1)[C@H](OC(=O)Nc1ccc(Br)cc1)c1cc(I)ccc1O. The van der Waals surface area contributed by atoms with Gasteiger partial charge in [-0.2, -0.15) is 0 Å². The molecule has 0 aliphatic rings. The Balaban J connectivity index is 1.96. The minimum Gasteiger partial charge on any atom is -0.508 e. The number of nitrogens with one attached hydrogen (secondary N) is 1. The van der Waals surface area contributed by atoms with E-state index in [2.05, 4.69) is 43.8 Å². The first-order chi connectivity index (χ1) is 15.8. The van der Waals surface area contributed by atoms with Crippen LogP contribution in [-0.2, 0) is 9.53 Å². The number of benzene rings is 3. The highest BCUT2D eigenvalue weighted by Crippen LogP contribution is 2.34. The highest BCUT2D eigenvalue weighted by molar-refractivity contribution is 14.1. The predicted octanol–water partition coefficient (Wildman–Crippen LogP) is 6.14. The molecule has 2 atom stereocenters. The predicted molar refractivity (Wildman–Crippen MR) is 135 cm³/mol. The lowest BCUT2D eigenvalue weighted by molar-refractivity contribution is -0.131. The molecule has 0 heterocycles. The first kappa shape index (κ1) is 24.6. The fraction of sp³-hybridized carbons (Fsp3) is 0.0833. The highest BCUT2D eigenvalue weighted by Gasteiger charge is 2.30. The quantitative estimate of drug-likeness (QED) is 0.206. The molecular weight excluding hydrogens is 605 g/mol. The zero-order chi connectivity index (χ0) is 23.8. The third-order valence-corrected chi connectivity index (χ3v) is 5.56. The summed E-state index contributed by atoms with van der Waals surface area (Å²) in [6.45, 7) is 0. The van der Waals surface area contributed by atoms with Gasteiger partial charge in [0.25, 0.3) is 0 Å². The number of aliphatic carboxylic acids is 1. The molecule has 0 unspecified atom stereocenters. The Labute approximate surface area is 212 Å². The number of carboxylic acids is 1. The molecule has 0 radical (unpaired) electrons. The second-order valence-electron chi connectivity index (χ2n) is 6.75. The summed E-state index contributed by atoms with van der Waals surface area (Å²) in [5.41, 5.74) is 0.763. The Morgan fingerprint density at radius 3 is 2.39 bits per heavy atom. The number of para-hydroxylation sites is 1. The zero-order valence-electron chi connectivity index (χ0n) is 17.0. The molecule has 3 aromatic carbocycles. The molecule has 0 saturated carbocycles. The third-order valence-electron chi connectivity index (χ3n) is 4.36. The van der Waals surface area contributed by atoms with Crippen LogP contribution in [0.5, 0.6) is 11.5 Å². The van der Waals surface area contributed by atoms with Gasteiger partial charge >= 0.3 is 12.1 Å². The van der Waals surface area contributed by atoms with E-state index in [0.717, 1.165) is 14.1 Å². The second kappa shape index (κ2) is 11.7. The molecule has 3 aromatic rings. The van der Waals surface area contributed by atoms with E-state index in [-0.39, 0.29) is 11.3 Å². The molecule has 3 rings (SSSR count). The number of phenols is 1. The molecule has 33 heavy (non-hydrogen) atoms. The summed E-state index contributed by atoms with van der Waals surface area (Å²) in [5.74, 6) is -0.881. The van der Waals surface area contributed by atoms with E-state index in [0.29, 0.717) is 11.4 Å². The molecule has 0 aromatic heterocycles. The smallest absolute Gasteiger partial charge is 0.412 e. The van der Waals surface area contributed by atoms with Crippen molar-refractivity contribution in [2.45, 2.75) is 12.2 Å². The highest BCUT2D eigenvalue weighted by atomic mass is 127. The second-order valence-corrected chi connectivity index (χ2v) is 8.92.